The van der Waals surface area contributed by atoms with E-state index in [2.05, 4.69) is 47.9 Å². The Kier molecular flexibility index (Phi) is 7.11. The first-order valence-electron chi connectivity index (χ1n) is 10.8. The van der Waals surface area contributed by atoms with E-state index in [4.69, 9.17) is 0 Å². The maximum Gasteiger partial charge on any atom is 0.321 e. The zero-order chi connectivity index (χ0) is 23.2. The molecule has 4 rings (SSSR count). The van der Waals surface area contributed by atoms with Crippen LogP contribution in [0, 0.1) is 0 Å². The lowest BCUT2D eigenvalue weighted by atomic mass is 10.0. The van der Waals surface area contributed by atoms with Gasteiger partial charge in [0, 0.05) is 43.2 Å². The number of benzene rings is 1. The molecule has 2 amide bonds. The van der Waals surface area contributed by atoms with Gasteiger partial charge >= 0.3 is 6.03 Å². The number of likely N-dealkylation sites (N-methyl/N-ethyl adjacent to an activating group) is 1. The maximum atomic E-state index is 12.0. The number of rotatable bonds is 8. The molecule has 0 spiro atoms. The summed E-state index contributed by atoms with van der Waals surface area (Å²) in [5, 5.41) is 9.43. The summed E-state index contributed by atoms with van der Waals surface area (Å²) in [5.41, 5.74) is 4.60. The molecule has 0 atom stereocenters. The predicted octanol–water partition coefficient (Wildman–Crippen LogP) is 4.54. The first-order chi connectivity index (χ1) is 16.0. The highest BCUT2D eigenvalue weighted by molar-refractivity contribution is 7.22. The smallest absolute Gasteiger partial charge is 0.321 e. The molecule has 3 N–H and O–H groups in total. The SMILES string of the molecule is CCNC(=O)Nc1nc2cc(-c3ccc(NCCN(C)C)nc3)cc(-c3ccccn3)c2s1. The standard InChI is InChI=1S/C24H27N7OS/c1-4-25-23(32)30-24-29-20-14-17(13-18(22(20)33-24)19-7-5-6-10-26-19)16-8-9-21(28-15-16)27-11-12-31(2)3/h5-10,13-15H,4,11-12H2,1-3H3,(H,27,28)(H2,25,29,30,32). The number of carbonyl (C=O) groups is 1. The first kappa shape index (κ1) is 22.6. The van der Waals surface area contributed by atoms with Crippen molar-refractivity contribution >= 4 is 38.5 Å². The molecule has 0 saturated carbocycles. The second-order valence-electron chi connectivity index (χ2n) is 7.75. The quantitative estimate of drug-likeness (QED) is 0.357. The molecule has 170 valence electrons. The van der Waals surface area contributed by atoms with Crippen LogP contribution in [0.2, 0.25) is 0 Å². The van der Waals surface area contributed by atoms with Crippen LogP contribution in [0.3, 0.4) is 0 Å². The molecule has 1 aromatic carbocycles. The van der Waals surface area contributed by atoms with Crippen LogP contribution >= 0.6 is 11.3 Å². The van der Waals surface area contributed by atoms with Crippen molar-refractivity contribution in [2.75, 3.05) is 44.4 Å². The van der Waals surface area contributed by atoms with Gasteiger partial charge in [-0.2, -0.15) is 0 Å². The fourth-order valence-corrected chi connectivity index (χ4v) is 4.31. The molecule has 0 aliphatic carbocycles. The van der Waals surface area contributed by atoms with Crippen LogP contribution < -0.4 is 16.0 Å². The van der Waals surface area contributed by atoms with Crippen molar-refractivity contribution in [1.82, 2.24) is 25.2 Å². The van der Waals surface area contributed by atoms with Crippen molar-refractivity contribution in [3.05, 3.63) is 54.9 Å². The van der Waals surface area contributed by atoms with Crippen LogP contribution in [0.5, 0.6) is 0 Å². The molecule has 0 aliphatic rings. The van der Waals surface area contributed by atoms with Crippen LogP contribution in [-0.4, -0.2) is 59.6 Å². The van der Waals surface area contributed by atoms with Crippen molar-refractivity contribution in [2.45, 2.75) is 6.92 Å². The molecule has 0 saturated heterocycles. The van der Waals surface area contributed by atoms with Gasteiger partial charge in [0.2, 0.25) is 0 Å². The van der Waals surface area contributed by atoms with E-state index in [-0.39, 0.29) is 6.03 Å². The summed E-state index contributed by atoms with van der Waals surface area (Å²) in [5.74, 6) is 0.841. The Morgan fingerprint density at radius 1 is 1.09 bits per heavy atom. The molecule has 0 unspecified atom stereocenters. The average molecular weight is 462 g/mol. The van der Waals surface area contributed by atoms with E-state index < -0.39 is 0 Å². The molecule has 3 aromatic heterocycles. The van der Waals surface area contributed by atoms with Gasteiger partial charge < -0.3 is 15.5 Å². The van der Waals surface area contributed by atoms with Gasteiger partial charge in [0.25, 0.3) is 0 Å². The molecule has 3 heterocycles. The van der Waals surface area contributed by atoms with Gasteiger partial charge in [-0.3, -0.25) is 10.3 Å². The number of hydrogen-bond donors (Lipinski definition) is 3. The zero-order valence-corrected chi connectivity index (χ0v) is 19.7. The highest BCUT2D eigenvalue weighted by Crippen LogP contribution is 2.38. The summed E-state index contributed by atoms with van der Waals surface area (Å²) in [6.07, 6.45) is 3.64. The summed E-state index contributed by atoms with van der Waals surface area (Å²) >= 11 is 1.44. The molecule has 0 aliphatic heterocycles. The number of amides is 2. The lowest BCUT2D eigenvalue weighted by Gasteiger charge is -2.11. The van der Waals surface area contributed by atoms with Crippen LogP contribution in [0.1, 0.15) is 6.92 Å². The number of pyridine rings is 2. The van der Waals surface area contributed by atoms with Gasteiger partial charge in [-0.05, 0) is 63.0 Å². The van der Waals surface area contributed by atoms with E-state index in [0.29, 0.717) is 11.7 Å². The van der Waals surface area contributed by atoms with Crippen LogP contribution in [0.15, 0.2) is 54.9 Å². The Labute approximate surface area is 197 Å². The molecule has 4 aromatic rings. The monoisotopic (exact) mass is 461 g/mol. The Morgan fingerprint density at radius 3 is 2.67 bits per heavy atom. The number of aromatic nitrogens is 3. The van der Waals surface area contributed by atoms with Gasteiger partial charge in [-0.15, -0.1) is 0 Å². The topological polar surface area (TPSA) is 95.1 Å². The van der Waals surface area contributed by atoms with Gasteiger partial charge in [-0.25, -0.2) is 14.8 Å². The van der Waals surface area contributed by atoms with Crippen molar-refractivity contribution in [3.8, 4) is 22.4 Å². The van der Waals surface area contributed by atoms with Crippen LogP contribution in [0.25, 0.3) is 32.6 Å². The van der Waals surface area contributed by atoms with Crippen molar-refractivity contribution in [1.29, 1.82) is 0 Å². The van der Waals surface area contributed by atoms with E-state index in [1.54, 1.807) is 6.20 Å². The largest absolute Gasteiger partial charge is 0.369 e. The summed E-state index contributed by atoms with van der Waals surface area (Å²) < 4.78 is 0.971. The zero-order valence-electron chi connectivity index (χ0n) is 18.9. The Morgan fingerprint density at radius 2 is 1.97 bits per heavy atom. The van der Waals surface area contributed by atoms with Crippen molar-refractivity contribution < 1.29 is 4.79 Å². The second-order valence-corrected chi connectivity index (χ2v) is 8.75. The van der Waals surface area contributed by atoms with E-state index in [1.807, 2.05) is 57.5 Å². The van der Waals surface area contributed by atoms with Gasteiger partial charge in [0.15, 0.2) is 5.13 Å². The van der Waals surface area contributed by atoms with Crippen molar-refractivity contribution in [3.63, 3.8) is 0 Å². The summed E-state index contributed by atoms with van der Waals surface area (Å²) in [7, 11) is 4.09. The number of carbonyl (C=O) groups excluding carboxylic acids is 1. The van der Waals surface area contributed by atoms with E-state index in [9.17, 15) is 4.79 Å². The molecule has 33 heavy (non-hydrogen) atoms. The van der Waals surface area contributed by atoms with E-state index in [1.165, 1.54) is 11.3 Å². The van der Waals surface area contributed by atoms with Crippen LogP contribution in [0.4, 0.5) is 15.7 Å². The van der Waals surface area contributed by atoms with Gasteiger partial charge in [-0.1, -0.05) is 17.4 Å². The molecule has 0 radical (unpaired) electrons. The van der Waals surface area contributed by atoms with Gasteiger partial charge in [0.05, 0.1) is 15.9 Å². The number of thiazole rings is 1. The minimum absolute atomic E-state index is 0.266. The lowest BCUT2D eigenvalue weighted by molar-refractivity contribution is 0.252. The molecule has 0 fully saturated rings. The van der Waals surface area contributed by atoms with E-state index in [0.717, 1.165) is 51.5 Å². The van der Waals surface area contributed by atoms with Gasteiger partial charge in [0.1, 0.15) is 5.82 Å². The molecular formula is C24H27N7OS. The molecule has 0 bridgehead atoms. The fourth-order valence-electron chi connectivity index (χ4n) is 3.34. The lowest BCUT2D eigenvalue weighted by Crippen LogP contribution is -2.28. The third kappa shape index (κ3) is 5.63. The minimum Gasteiger partial charge on any atom is -0.369 e. The minimum atomic E-state index is -0.266. The highest BCUT2D eigenvalue weighted by atomic mass is 32.1. The summed E-state index contributed by atoms with van der Waals surface area (Å²) in [6, 6.07) is 13.7. The maximum absolute atomic E-state index is 12.0. The molecule has 8 nitrogen and oxygen atoms in total. The Bertz CT molecular complexity index is 1220. The fraction of sp³-hybridized carbons (Fsp3) is 0.250. The number of nitrogens with one attached hydrogen (secondary N) is 3. The number of hydrogen-bond acceptors (Lipinski definition) is 7. The Balaban J connectivity index is 1.69. The number of nitrogens with zero attached hydrogens (tertiary/aromatic N) is 4. The van der Waals surface area contributed by atoms with Crippen LogP contribution in [-0.2, 0) is 0 Å². The van der Waals surface area contributed by atoms with E-state index >= 15 is 0 Å². The number of anilines is 2. The predicted molar refractivity (Wildman–Crippen MR) is 136 cm³/mol. The summed E-state index contributed by atoms with van der Waals surface area (Å²) in [4.78, 5) is 27.9. The second kappa shape index (κ2) is 10.4. The third-order valence-electron chi connectivity index (χ3n) is 4.95. The molecule has 9 heteroatoms. The summed E-state index contributed by atoms with van der Waals surface area (Å²) in [6.45, 7) is 4.19. The first-order valence-corrected chi connectivity index (χ1v) is 11.6. The molecular weight excluding hydrogens is 434 g/mol. The Hall–Kier alpha value is -3.56. The highest BCUT2D eigenvalue weighted by Gasteiger charge is 2.15. The number of urea groups is 1. The normalized spacial score (nSPS) is 11.0. The third-order valence-corrected chi connectivity index (χ3v) is 5.97. The number of fused-ring (bicyclic) bond motifs is 1. The average Bonchev–Trinajstić information content (AvgIpc) is 3.21. The van der Waals surface area contributed by atoms with Crippen molar-refractivity contribution in [2.24, 2.45) is 0 Å².